The van der Waals surface area contributed by atoms with Crippen LogP contribution in [0.15, 0.2) is 54.7 Å². The van der Waals surface area contributed by atoms with E-state index >= 15 is 0 Å². The number of nitrogens with zero attached hydrogens (tertiary/aromatic N) is 1. The zero-order valence-corrected chi connectivity index (χ0v) is 17.9. The Morgan fingerprint density at radius 1 is 0.931 bits per heavy atom. The minimum atomic E-state index is -0.547. The quantitative estimate of drug-likeness (QED) is 0.367. The van der Waals surface area contributed by atoms with Gasteiger partial charge in [-0.25, -0.2) is 0 Å². The summed E-state index contributed by atoms with van der Waals surface area (Å²) in [4.78, 5) is 0. The minimum Gasteiger partial charge on any atom is -0.491 e. The first-order valence-corrected chi connectivity index (χ1v) is 11.1. The summed E-state index contributed by atoms with van der Waals surface area (Å²) < 4.78 is 7.90. The zero-order chi connectivity index (χ0) is 20.5. The lowest BCUT2D eigenvalue weighted by Gasteiger charge is -2.14. The first kappa shape index (κ1) is 21.4. The van der Waals surface area contributed by atoms with Crippen molar-refractivity contribution in [3.63, 3.8) is 0 Å². The zero-order valence-electron chi connectivity index (χ0n) is 17.9. The van der Waals surface area contributed by atoms with Gasteiger partial charge in [-0.05, 0) is 61.0 Å². The number of rotatable bonds is 12. The Bertz CT molecular complexity index is 866. The Hall–Kier alpha value is -2.26. The summed E-state index contributed by atoms with van der Waals surface area (Å²) in [5.41, 5.74) is 3.76. The molecule has 1 atom stereocenters. The van der Waals surface area contributed by atoms with Crippen molar-refractivity contribution in [2.24, 2.45) is 0 Å². The molecule has 1 unspecified atom stereocenters. The molecule has 0 spiro atoms. The van der Waals surface area contributed by atoms with E-state index in [1.54, 1.807) is 0 Å². The molecule has 3 heteroatoms. The van der Waals surface area contributed by atoms with E-state index in [2.05, 4.69) is 54.8 Å². The molecule has 1 heterocycles. The van der Waals surface area contributed by atoms with Gasteiger partial charge in [-0.1, -0.05) is 62.8 Å². The smallest absolute Gasteiger partial charge is 0.119 e. The van der Waals surface area contributed by atoms with Crippen molar-refractivity contribution in [3.8, 4) is 5.75 Å². The monoisotopic (exact) mass is 393 g/mol. The lowest BCUT2D eigenvalue weighted by molar-refractivity contribution is 0.0935. The number of hydrogen-bond donors (Lipinski definition) is 1. The van der Waals surface area contributed by atoms with Crippen molar-refractivity contribution < 1.29 is 9.84 Å². The summed E-state index contributed by atoms with van der Waals surface area (Å²) in [5.74, 6) is 0.823. The van der Waals surface area contributed by atoms with Crippen molar-refractivity contribution >= 4 is 10.9 Å². The highest BCUT2D eigenvalue weighted by molar-refractivity contribution is 5.80. The normalized spacial score (nSPS) is 12.4. The Kier molecular flexibility index (Phi) is 8.18. The SMILES string of the molecule is CCCCCCCCc1ccc(OCC(O)Cn2ccc3cc(C)ccc32)cc1. The van der Waals surface area contributed by atoms with Gasteiger partial charge in [0.05, 0.1) is 6.54 Å². The van der Waals surface area contributed by atoms with Gasteiger partial charge in [-0.15, -0.1) is 0 Å². The summed E-state index contributed by atoms with van der Waals surface area (Å²) in [6.45, 7) is 5.18. The molecule has 0 saturated carbocycles. The van der Waals surface area contributed by atoms with E-state index in [1.807, 2.05) is 18.3 Å². The maximum absolute atomic E-state index is 10.4. The Labute approximate surface area is 175 Å². The number of hydrogen-bond acceptors (Lipinski definition) is 2. The molecule has 0 aliphatic rings. The molecular weight excluding hydrogens is 358 g/mol. The number of benzene rings is 2. The minimum absolute atomic E-state index is 0.294. The summed E-state index contributed by atoms with van der Waals surface area (Å²) in [6.07, 6.45) is 10.6. The highest BCUT2D eigenvalue weighted by atomic mass is 16.5. The van der Waals surface area contributed by atoms with E-state index in [0.717, 1.165) is 17.7 Å². The van der Waals surface area contributed by atoms with Gasteiger partial charge >= 0.3 is 0 Å². The average Bonchev–Trinajstić information content (AvgIpc) is 3.11. The Balaban J connectivity index is 1.41. The predicted molar refractivity (Wildman–Crippen MR) is 122 cm³/mol. The first-order chi connectivity index (χ1) is 14.2. The molecule has 0 aliphatic carbocycles. The molecular formula is C26H35NO2. The molecule has 0 amide bonds. The fraction of sp³-hybridized carbons (Fsp3) is 0.462. The largest absolute Gasteiger partial charge is 0.491 e. The van der Waals surface area contributed by atoms with Crippen molar-refractivity contribution in [2.75, 3.05) is 6.61 Å². The van der Waals surface area contributed by atoms with Crippen LogP contribution in [0.5, 0.6) is 5.75 Å². The lowest BCUT2D eigenvalue weighted by atomic mass is 10.0. The Morgan fingerprint density at radius 3 is 2.48 bits per heavy atom. The topological polar surface area (TPSA) is 34.4 Å². The second-order valence-corrected chi connectivity index (χ2v) is 8.16. The third kappa shape index (κ3) is 6.64. The van der Waals surface area contributed by atoms with Crippen molar-refractivity contribution in [1.29, 1.82) is 0 Å². The van der Waals surface area contributed by atoms with Crippen molar-refractivity contribution in [3.05, 3.63) is 65.9 Å². The van der Waals surface area contributed by atoms with Crippen LogP contribution in [0.4, 0.5) is 0 Å². The molecule has 3 rings (SSSR count). The van der Waals surface area contributed by atoms with Gasteiger partial charge < -0.3 is 14.4 Å². The van der Waals surface area contributed by atoms with E-state index < -0.39 is 6.10 Å². The molecule has 1 aromatic heterocycles. The molecule has 3 nitrogen and oxygen atoms in total. The summed E-state index contributed by atoms with van der Waals surface area (Å²) >= 11 is 0. The van der Waals surface area contributed by atoms with Crippen LogP contribution < -0.4 is 4.74 Å². The predicted octanol–water partition coefficient (Wildman–Crippen LogP) is 6.29. The van der Waals surface area contributed by atoms with Crippen molar-refractivity contribution in [1.82, 2.24) is 4.57 Å². The van der Waals surface area contributed by atoms with Gasteiger partial charge in [0.25, 0.3) is 0 Å². The molecule has 156 valence electrons. The van der Waals surface area contributed by atoms with Gasteiger partial charge in [-0.2, -0.15) is 0 Å². The summed E-state index contributed by atoms with van der Waals surface area (Å²) in [5, 5.41) is 11.6. The highest BCUT2D eigenvalue weighted by Gasteiger charge is 2.09. The fourth-order valence-corrected chi connectivity index (χ4v) is 3.81. The standard InChI is InChI=1S/C26H35NO2/c1-3-4-5-6-7-8-9-22-11-13-25(14-12-22)29-20-24(28)19-27-17-16-23-18-21(2)10-15-26(23)27/h10-18,24,28H,3-9,19-20H2,1-2H3. The average molecular weight is 394 g/mol. The summed E-state index contributed by atoms with van der Waals surface area (Å²) in [6, 6.07) is 16.8. The van der Waals surface area contributed by atoms with Gasteiger partial charge in [-0.3, -0.25) is 0 Å². The fourth-order valence-electron chi connectivity index (χ4n) is 3.81. The molecule has 0 saturated heterocycles. The highest BCUT2D eigenvalue weighted by Crippen LogP contribution is 2.19. The van der Waals surface area contributed by atoms with E-state index in [0.29, 0.717) is 13.2 Å². The second kappa shape index (κ2) is 11.1. The maximum Gasteiger partial charge on any atom is 0.119 e. The van der Waals surface area contributed by atoms with E-state index in [1.165, 1.54) is 55.0 Å². The molecule has 0 fully saturated rings. The summed E-state index contributed by atoms with van der Waals surface area (Å²) in [7, 11) is 0. The lowest BCUT2D eigenvalue weighted by Crippen LogP contribution is -2.23. The number of aliphatic hydroxyl groups excluding tert-OH is 1. The van der Waals surface area contributed by atoms with E-state index in [-0.39, 0.29) is 0 Å². The van der Waals surface area contributed by atoms with Crippen LogP contribution in [0.2, 0.25) is 0 Å². The molecule has 3 aromatic rings. The Morgan fingerprint density at radius 2 is 1.69 bits per heavy atom. The number of aromatic nitrogens is 1. The number of aryl methyl sites for hydroxylation is 2. The number of fused-ring (bicyclic) bond motifs is 1. The van der Waals surface area contributed by atoms with Gasteiger partial charge in [0.2, 0.25) is 0 Å². The van der Waals surface area contributed by atoms with Crippen LogP contribution in [0.25, 0.3) is 10.9 Å². The van der Waals surface area contributed by atoms with Crippen LogP contribution in [0.1, 0.15) is 56.6 Å². The first-order valence-electron chi connectivity index (χ1n) is 11.1. The molecule has 0 radical (unpaired) electrons. The number of ether oxygens (including phenoxy) is 1. The molecule has 2 aromatic carbocycles. The van der Waals surface area contributed by atoms with Crippen LogP contribution in [-0.4, -0.2) is 22.4 Å². The van der Waals surface area contributed by atoms with Crippen molar-refractivity contribution in [2.45, 2.75) is 71.4 Å². The van der Waals surface area contributed by atoms with Gasteiger partial charge in [0, 0.05) is 11.7 Å². The third-order valence-electron chi connectivity index (χ3n) is 5.52. The van der Waals surface area contributed by atoms with E-state index in [9.17, 15) is 5.11 Å². The van der Waals surface area contributed by atoms with Crippen LogP contribution >= 0.6 is 0 Å². The molecule has 29 heavy (non-hydrogen) atoms. The third-order valence-corrected chi connectivity index (χ3v) is 5.52. The maximum atomic E-state index is 10.4. The number of aliphatic hydroxyl groups is 1. The molecule has 0 bridgehead atoms. The van der Waals surface area contributed by atoms with Crippen LogP contribution in [-0.2, 0) is 13.0 Å². The molecule has 1 N–H and O–H groups in total. The van der Waals surface area contributed by atoms with Crippen LogP contribution in [0, 0.1) is 6.92 Å². The van der Waals surface area contributed by atoms with Gasteiger partial charge in [0.15, 0.2) is 0 Å². The second-order valence-electron chi connectivity index (χ2n) is 8.16. The number of unbranched alkanes of at least 4 members (excludes halogenated alkanes) is 5. The van der Waals surface area contributed by atoms with Crippen LogP contribution in [0.3, 0.4) is 0 Å². The molecule has 0 aliphatic heterocycles. The van der Waals surface area contributed by atoms with Gasteiger partial charge in [0.1, 0.15) is 18.5 Å². The van der Waals surface area contributed by atoms with E-state index in [4.69, 9.17) is 4.74 Å².